The van der Waals surface area contributed by atoms with Gasteiger partial charge in [-0.1, -0.05) is 75.8 Å². The lowest BCUT2D eigenvalue weighted by Crippen LogP contribution is -2.40. The summed E-state index contributed by atoms with van der Waals surface area (Å²) in [4.78, 5) is 0.358. The third kappa shape index (κ3) is 7.01. The predicted octanol–water partition coefficient (Wildman–Crippen LogP) is 6.62. The molecule has 0 aromatic heterocycles. The fraction of sp³-hybridized carbons (Fsp3) is 0.538. The monoisotopic (exact) mass is 475 g/mol. The topological polar surface area (TPSA) is 46.6 Å². The quantitative estimate of drug-likeness (QED) is 0.205. The fourth-order valence-corrected chi connectivity index (χ4v) is 5.96. The van der Waals surface area contributed by atoms with Crippen LogP contribution in [0.1, 0.15) is 52.0 Å². The summed E-state index contributed by atoms with van der Waals surface area (Å²) >= 11 is 0. The van der Waals surface area contributed by atoms with Crippen LogP contribution in [0.15, 0.2) is 65.6 Å². The maximum atomic E-state index is 13.2. The van der Waals surface area contributed by atoms with Crippen molar-refractivity contribution in [3.63, 3.8) is 0 Å². The molecule has 2 rings (SSSR count). The molecule has 0 saturated carbocycles. The maximum absolute atomic E-state index is 13.2. The van der Waals surface area contributed by atoms with E-state index in [1.807, 2.05) is 19.1 Å². The van der Waals surface area contributed by atoms with Crippen molar-refractivity contribution in [1.29, 1.82) is 0 Å². The number of nitrogens with zero attached hydrogens (tertiary/aromatic N) is 1. The third-order valence-electron chi connectivity index (χ3n) is 6.64. The third-order valence-corrected chi connectivity index (χ3v) is 13.0. The Kier molecular flexibility index (Phi) is 9.29. The van der Waals surface area contributed by atoms with Crippen molar-refractivity contribution in [3.8, 4) is 0 Å². The highest BCUT2D eigenvalue weighted by molar-refractivity contribution is 7.89. The van der Waals surface area contributed by atoms with Gasteiger partial charge in [0.2, 0.25) is 10.0 Å². The molecular weight excluding hydrogens is 434 g/mol. The molecule has 32 heavy (non-hydrogen) atoms. The molecule has 178 valence electrons. The van der Waals surface area contributed by atoms with Gasteiger partial charge in [0.25, 0.3) is 0 Å². The zero-order valence-electron chi connectivity index (χ0n) is 20.7. The number of hydrogen-bond acceptors (Lipinski definition) is 3. The number of rotatable bonds is 11. The van der Waals surface area contributed by atoms with Gasteiger partial charge in [0.1, 0.15) is 0 Å². The minimum Gasteiger partial charge on any atom is -0.413 e. The molecule has 0 radical (unpaired) electrons. The van der Waals surface area contributed by atoms with Crippen LogP contribution in [0.3, 0.4) is 0 Å². The van der Waals surface area contributed by atoms with Crippen molar-refractivity contribution in [2.45, 2.75) is 82.4 Å². The number of sulfonamides is 1. The van der Waals surface area contributed by atoms with Crippen molar-refractivity contribution < 1.29 is 12.8 Å². The second-order valence-electron chi connectivity index (χ2n) is 10.2. The molecule has 1 unspecified atom stereocenters. The number of unbranched alkanes of at least 4 members (excludes halogenated alkanes) is 2. The lowest BCUT2D eigenvalue weighted by Gasteiger charge is -2.35. The summed E-state index contributed by atoms with van der Waals surface area (Å²) in [7, 11) is -5.22. The van der Waals surface area contributed by atoms with Crippen LogP contribution in [0, 0.1) is 6.92 Å². The van der Waals surface area contributed by atoms with Crippen LogP contribution >= 0.6 is 0 Å². The summed E-state index contributed by atoms with van der Waals surface area (Å²) in [6, 6.07) is 6.98. The number of aryl methyl sites for hydroxylation is 1. The van der Waals surface area contributed by atoms with Crippen LogP contribution in [-0.4, -0.2) is 40.2 Å². The molecule has 1 atom stereocenters. The SMILES string of the molecule is C=CC1=CC(CCCC/C=C/CO[Si](C)(C)C(C)(C)C)N(S(=O)(=O)c2ccc(C)cc2)C1. The van der Waals surface area contributed by atoms with Gasteiger partial charge in [-0.3, -0.25) is 0 Å². The van der Waals surface area contributed by atoms with Gasteiger partial charge in [-0.2, -0.15) is 4.31 Å². The first-order valence-electron chi connectivity index (χ1n) is 11.6. The maximum Gasteiger partial charge on any atom is 0.243 e. The minimum atomic E-state index is -3.52. The second kappa shape index (κ2) is 11.1. The molecule has 0 aliphatic carbocycles. The molecule has 0 amide bonds. The Morgan fingerprint density at radius 3 is 2.41 bits per heavy atom. The van der Waals surface area contributed by atoms with Crippen molar-refractivity contribution >= 4 is 18.3 Å². The highest BCUT2D eigenvalue weighted by Gasteiger charge is 2.37. The highest BCUT2D eigenvalue weighted by atomic mass is 32.2. The van der Waals surface area contributed by atoms with Crippen LogP contribution < -0.4 is 0 Å². The molecule has 0 N–H and O–H groups in total. The summed E-state index contributed by atoms with van der Waals surface area (Å²) in [5.74, 6) is 0. The van der Waals surface area contributed by atoms with E-state index in [0.29, 0.717) is 18.0 Å². The highest BCUT2D eigenvalue weighted by Crippen LogP contribution is 2.36. The van der Waals surface area contributed by atoms with Crippen LogP contribution in [-0.2, 0) is 14.4 Å². The van der Waals surface area contributed by atoms with Crippen molar-refractivity contribution in [3.05, 3.63) is 66.3 Å². The summed E-state index contributed by atoms with van der Waals surface area (Å²) in [5, 5.41) is 0.227. The van der Waals surface area contributed by atoms with E-state index in [2.05, 4.69) is 58.7 Å². The number of benzene rings is 1. The molecule has 0 fully saturated rings. The second-order valence-corrected chi connectivity index (χ2v) is 16.9. The van der Waals surface area contributed by atoms with Crippen LogP contribution in [0.25, 0.3) is 0 Å². The lowest BCUT2D eigenvalue weighted by molar-refractivity contribution is 0.327. The standard InChI is InChI=1S/C26H41NO3SSi/c1-8-23-20-24(27(21-23)31(28,29)25-17-15-22(2)16-18-25)14-12-10-9-11-13-19-30-32(6,7)26(3,4)5/h8,11,13,15-18,20,24H,1,9-10,12,14,19,21H2,2-7H3/b13-11+. The average molecular weight is 476 g/mol. The van der Waals surface area contributed by atoms with Crippen molar-refractivity contribution in [2.24, 2.45) is 0 Å². The first kappa shape index (κ1) is 26.8. The molecule has 6 heteroatoms. The van der Waals surface area contributed by atoms with E-state index in [4.69, 9.17) is 4.43 Å². The van der Waals surface area contributed by atoms with E-state index in [1.54, 1.807) is 22.5 Å². The van der Waals surface area contributed by atoms with E-state index in [0.717, 1.165) is 36.8 Å². The minimum absolute atomic E-state index is 0.111. The molecule has 0 bridgehead atoms. The van der Waals surface area contributed by atoms with Gasteiger partial charge in [0, 0.05) is 12.6 Å². The average Bonchev–Trinajstić information content (AvgIpc) is 3.13. The molecule has 1 aromatic carbocycles. The molecular formula is C26H41NO3SSi. The van der Waals surface area contributed by atoms with Crippen LogP contribution in [0.2, 0.25) is 18.1 Å². The number of hydrogen-bond donors (Lipinski definition) is 0. The molecule has 0 spiro atoms. The summed E-state index contributed by atoms with van der Waals surface area (Å²) < 4.78 is 34.2. The lowest BCUT2D eigenvalue weighted by atomic mass is 10.1. The molecule has 0 saturated heterocycles. The first-order chi connectivity index (χ1) is 14.9. The molecule has 4 nitrogen and oxygen atoms in total. The Morgan fingerprint density at radius 1 is 1.16 bits per heavy atom. The molecule has 1 heterocycles. The molecule has 1 aromatic rings. The van der Waals surface area contributed by atoms with E-state index in [9.17, 15) is 8.42 Å². The Balaban J connectivity index is 1.86. The van der Waals surface area contributed by atoms with Gasteiger partial charge in [0.05, 0.1) is 11.5 Å². The normalized spacial score (nSPS) is 18.3. The van der Waals surface area contributed by atoms with E-state index in [1.165, 1.54) is 0 Å². The predicted molar refractivity (Wildman–Crippen MR) is 138 cm³/mol. The Hall–Kier alpha value is -1.47. The summed E-state index contributed by atoms with van der Waals surface area (Å²) in [5.41, 5.74) is 2.03. The molecule has 1 aliphatic rings. The van der Waals surface area contributed by atoms with Crippen LogP contribution in [0.5, 0.6) is 0 Å². The largest absolute Gasteiger partial charge is 0.413 e. The van der Waals surface area contributed by atoms with Crippen LogP contribution in [0.4, 0.5) is 0 Å². The van der Waals surface area contributed by atoms with E-state index >= 15 is 0 Å². The van der Waals surface area contributed by atoms with Gasteiger partial charge in [-0.15, -0.1) is 0 Å². The van der Waals surface area contributed by atoms with E-state index in [-0.39, 0.29) is 11.1 Å². The Morgan fingerprint density at radius 2 is 1.81 bits per heavy atom. The van der Waals surface area contributed by atoms with Gasteiger partial charge >= 0.3 is 0 Å². The first-order valence-corrected chi connectivity index (χ1v) is 15.9. The van der Waals surface area contributed by atoms with Gasteiger partial charge in [-0.25, -0.2) is 8.42 Å². The van der Waals surface area contributed by atoms with Gasteiger partial charge < -0.3 is 4.43 Å². The summed E-state index contributed by atoms with van der Waals surface area (Å²) in [6.07, 6.45) is 11.9. The fourth-order valence-electron chi connectivity index (χ4n) is 3.42. The smallest absolute Gasteiger partial charge is 0.243 e. The van der Waals surface area contributed by atoms with Gasteiger partial charge in [-0.05, 0) is 62.0 Å². The summed E-state index contributed by atoms with van der Waals surface area (Å²) in [6.45, 7) is 18.2. The zero-order valence-corrected chi connectivity index (χ0v) is 22.5. The Labute approximate surface area is 197 Å². The zero-order chi connectivity index (χ0) is 24.0. The van der Waals surface area contributed by atoms with Crippen molar-refractivity contribution in [2.75, 3.05) is 13.2 Å². The van der Waals surface area contributed by atoms with Gasteiger partial charge in [0.15, 0.2) is 8.32 Å². The Bertz CT molecular complexity index is 925. The van der Waals surface area contributed by atoms with E-state index < -0.39 is 18.3 Å². The number of allylic oxidation sites excluding steroid dienone is 1. The molecule has 1 aliphatic heterocycles. The van der Waals surface area contributed by atoms with Crippen molar-refractivity contribution in [1.82, 2.24) is 4.31 Å².